The van der Waals surface area contributed by atoms with Crippen LogP contribution in [0.5, 0.6) is 0 Å². The number of urea groups is 1. The van der Waals surface area contributed by atoms with Gasteiger partial charge in [-0.1, -0.05) is 25.8 Å². The largest absolute Gasteiger partial charge is 0.416 e. The molecule has 0 radical (unpaired) electrons. The molecule has 10 heteroatoms. The van der Waals surface area contributed by atoms with Crippen molar-refractivity contribution in [1.82, 2.24) is 15.1 Å². The Balaban J connectivity index is 1.31. The average Bonchev–Trinajstić information content (AvgIpc) is 2.85. The van der Waals surface area contributed by atoms with Gasteiger partial charge in [0.2, 0.25) is 11.8 Å². The van der Waals surface area contributed by atoms with Gasteiger partial charge in [0.25, 0.3) is 0 Å². The van der Waals surface area contributed by atoms with E-state index in [4.69, 9.17) is 0 Å². The molecule has 3 aliphatic rings. The van der Waals surface area contributed by atoms with Crippen LogP contribution in [0.3, 0.4) is 0 Å². The Labute approximate surface area is 203 Å². The third-order valence-electron chi connectivity index (χ3n) is 7.45. The zero-order valence-electron chi connectivity index (χ0n) is 20.0. The van der Waals surface area contributed by atoms with Gasteiger partial charge in [-0.15, -0.1) is 0 Å². The molecule has 0 spiro atoms. The van der Waals surface area contributed by atoms with E-state index >= 15 is 0 Å². The number of hydrogen-bond acceptors (Lipinski definition) is 4. The summed E-state index contributed by atoms with van der Waals surface area (Å²) < 4.78 is 39.1. The van der Waals surface area contributed by atoms with E-state index in [2.05, 4.69) is 12.2 Å². The number of unbranched alkanes of at least 4 members (excludes halogenated alkanes) is 2. The summed E-state index contributed by atoms with van der Waals surface area (Å²) in [6, 6.07) is 4.56. The van der Waals surface area contributed by atoms with E-state index in [1.165, 1.54) is 11.0 Å². The van der Waals surface area contributed by atoms with Crippen LogP contribution in [0.25, 0.3) is 0 Å². The number of carbonyl (C=O) groups is 3. The number of carbonyl (C=O) groups excluding carboxylic acids is 3. The number of rotatable bonds is 6. The lowest BCUT2D eigenvalue weighted by Gasteiger charge is -2.43. The normalized spacial score (nSPS) is 25.4. The zero-order chi connectivity index (χ0) is 25.2. The van der Waals surface area contributed by atoms with Gasteiger partial charge < -0.3 is 15.1 Å². The van der Waals surface area contributed by atoms with Crippen molar-refractivity contribution in [2.45, 2.75) is 57.7 Å². The maximum absolute atomic E-state index is 13.2. The molecular formula is C25H33F3N4O3. The molecule has 7 nitrogen and oxygen atoms in total. The maximum Gasteiger partial charge on any atom is 0.416 e. The molecular weight excluding hydrogens is 461 g/mol. The summed E-state index contributed by atoms with van der Waals surface area (Å²) in [7, 11) is 0. The van der Waals surface area contributed by atoms with Gasteiger partial charge in [-0.25, -0.2) is 4.79 Å². The number of alkyl halides is 3. The van der Waals surface area contributed by atoms with Crippen LogP contribution in [0.4, 0.5) is 23.7 Å². The highest BCUT2D eigenvalue weighted by Crippen LogP contribution is 2.35. The topological polar surface area (TPSA) is 73.0 Å². The van der Waals surface area contributed by atoms with E-state index < -0.39 is 11.7 Å². The predicted molar refractivity (Wildman–Crippen MR) is 125 cm³/mol. The Kier molecular flexibility index (Phi) is 7.56. The molecule has 2 aliphatic heterocycles. The van der Waals surface area contributed by atoms with Crippen molar-refractivity contribution >= 4 is 23.5 Å². The van der Waals surface area contributed by atoms with Crippen LogP contribution < -0.4 is 10.2 Å². The summed E-state index contributed by atoms with van der Waals surface area (Å²) >= 11 is 0. The first kappa shape index (κ1) is 25.3. The van der Waals surface area contributed by atoms with E-state index in [0.717, 1.165) is 31.4 Å². The summed E-state index contributed by atoms with van der Waals surface area (Å²) in [6.07, 6.45) is -0.0310. The SMILES string of the molecule is CCCCCN1C(=O)NC2CC(C(=O)N3CCN(c4cccc(C(F)(F)F)c4)CC3)CCC2C1=O. The van der Waals surface area contributed by atoms with Gasteiger partial charge in [0, 0.05) is 50.4 Å². The number of piperazine rings is 1. The quantitative estimate of drug-likeness (QED) is 0.610. The van der Waals surface area contributed by atoms with Crippen LogP contribution in [0.1, 0.15) is 51.0 Å². The van der Waals surface area contributed by atoms with Crippen molar-refractivity contribution in [3.05, 3.63) is 29.8 Å². The lowest BCUT2D eigenvalue weighted by Crippen LogP contribution is -2.62. The highest BCUT2D eigenvalue weighted by atomic mass is 19.4. The van der Waals surface area contributed by atoms with Crippen LogP contribution in [0, 0.1) is 11.8 Å². The lowest BCUT2D eigenvalue weighted by molar-refractivity contribution is -0.143. The Morgan fingerprint density at radius 1 is 1.09 bits per heavy atom. The van der Waals surface area contributed by atoms with E-state index in [1.54, 1.807) is 11.0 Å². The first-order chi connectivity index (χ1) is 16.7. The van der Waals surface area contributed by atoms with Crippen molar-refractivity contribution in [2.75, 3.05) is 37.6 Å². The molecule has 2 saturated heterocycles. The van der Waals surface area contributed by atoms with Crippen LogP contribution in [0.2, 0.25) is 0 Å². The average molecular weight is 495 g/mol. The number of nitrogens with zero attached hydrogens (tertiary/aromatic N) is 3. The Morgan fingerprint density at radius 3 is 2.51 bits per heavy atom. The van der Waals surface area contributed by atoms with Gasteiger partial charge in [0.05, 0.1) is 11.5 Å². The number of benzene rings is 1. The number of amides is 4. The Bertz CT molecular complexity index is 946. The molecule has 1 saturated carbocycles. The monoisotopic (exact) mass is 494 g/mol. The van der Waals surface area contributed by atoms with Crippen LogP contribution in [-0.4, -0.2) is 66.4 Å². The highest BCUT2D eigenvalue weighted by Gasteiger charge is 2.46. The highest BCUT2D eigenvalue weighted by molar-refractivity contribution is 5.99. The van der Waals surface area contributed by atoms with Gasteiger partial charge in [0.1, 0.15) is 0 Å². The third kappa shape index (κ3) is 5.56. The second-order valence-electron chi connectivity index (χ2n) is 9.73. The summed E-state index contributed by atoms with van der Waals surface area (Å²) in [5.74, 6) is -0.679. The fourth-order valence-corrected chi connectivity index (χ4v) is 5.44. The van der Waals surface area contributed by atoms with Gasteiger partial charge >= 0.3 is 12.2 Å². The number of nitrogens with one attached hydrogen (secondary N) is 1. The number of anilines is 1. The summed E-state index contributed by atoms with van der Waals surface area (Å²) in [6.45, 7) is 4.26. The molecule has 1 aliphatic carbocycles. The molecule has 3 fully saturated rings. The molecule has 2 heterocycles. The first-order valence-corrected chi connectivity index (χ1v) is 12.5. The fourth-order valence-electron chi connectivity index (χ4n) is 5.44. The first-order valence-electron chi connectivity index (χ1n) is 12.5. The zero-order valence-corrected chi connectivity index (χ0v) is 20.0. The standard InChI is InChI=1S/C25H33F3N4O3/c1-2-3-4-10-32-23(34)20-9-8-17(15-21(20)29-24(32)35)22(33)31-13-11-30(12-14-31)19-7-5-6-18(16-19)25(26,27)28/h5-7,16-17,20-21H,2-4,8-15H2,1H3,(H,29,35). The second kappa shape index (κ2) is 10.5. The lowest BCUT2D eigenvalue weighted by atomic mass is 9.76. The molecule has 1 N–H and O–H groups in total. The molecule has 3 atom stereocenters. The number of imide groups is 1. The smallest absolute Gasteiger partial charge is 0.368 e. The third-order valence-corrected chi connectivity index (χ3v) is 7.45. The van der Waals surface area contributed by atoms with E-state index in [9.17, 15) is 27.6 Å². The van der Waals surface area contributed by atoms with Crippen molar-refractivity contribution in [3.8, 4) is 0 Å². The molecule has 1 aromatic carbocycles. The van der Waals surface area contributed by atoms with Gasteiger partial charge in [0.15, 0.2) is 0 Å². The molecule has 3 unspecified atom stereocenters. The Morgan fingerprint density at radius 2 is 1.83 bits per heavy atom. The van der Waals surface area contributed by atoms with Crippen molar-refractivity contribution < 1.29 is 27.6 Å². The van der Waals surface area contributed by atoms with Crippen LogP contribution in [0.15, 0.2) is 24.3 Å². The summed E-state index contributed by atoms with van der Waals surface area (Å²) in [5.41, 5.74) is -0.183. The molecule has 0 bridgehead atoms. The number of fused-ring (bicyclic) bond motifs is 1. The molecule has 35 heavy (non-hydrogen) atoms. The van der Waals surface area contributed by atoms with E-state index in [1.807, 2.05) is 4.90 Å². The molecule has 1 aromatic rings. The summed E-state index contributed by atoms with van der Waals surface area (Å²) in [5, 5.41) is 2.95. The second-order valence-corrected chi connectivity index (χ2v) is 9.73. The van der Waals surface area contributed by atoms with Gasteiger partial charge in [-0.2, -0.15) is 13.2 Å². The molecule has 4 rings (SSSR count). The number of hydrogen-bond donors (Lipinski definition) is 1. The van der Waals surface area contributed by atoms with Crippen LogP contribution in [-0.2, 0) is 15.8 Å². The van der Waals surface area contributed by atoms with E-state index in [-0.39, 0.29) is 35.7 Å². The molecule has 4 amide bonds. The minimum atomic E-state index is -4.39. The summed E-state index contributed by atoms with van der Waals surface area (Å²) in [4.78, 5) is 43.6. The van der Waals surface area contributed by atoms with Crippen LogP contribution >= 0.6 is 0 Å². The molecule has 0 aromatic heterocycles. The van der Waals surface area contributed by atoms with E-state index in [0.29, 0.717) is 57.7 Å². The number of halogens is 3. The van der Waals surface area contributed by atoms with Crippen molar-refractivity contribution in [3.63, 3.8) is 0 Å². The van der Waals surface area contributed by atoms with Crippen molar-refractivity contribution in [2.24, 2.45) is 11.8 Å². The van der Waals surface area contributed by atoms with Crippen molar-refractivity contribution in [1.29, 1.82) is 0 Å². The van der Waals surface area contributed by atoms with Gasteiger partial charge in [-0.3, -0.25) is 14.5 Å². The minimum Gasteiger partial charge on any atom is -0.368 e. The predicted octanol–water partition coefficient (Wildman–Crippen LogP) is 3.88. The maximum atomic E-state index is 13.2. The van der Waals surface area contributed by atoms with Gasteiger partial charge in [-0.05, 0) is 43.9 Å². The molecule has 192 valence electrons. The Hall–Kier alpha value is -2.78. The fraction of sp³-hybridized carbons (Fsp3) is 0.640. The minimum absolute atomic E-state index is 0.000726.